The van der Waals surface area contributed by atoms with E-state index in [0.29, 0.717) is 0 Å². The molecular weight excluding hydrogens is 313 g/mol. The van der Waals surface area contributed by atoms with E-state index < -0.39 is 10.8 Å². The quantitative estimate of drug-likeness (QED) is 0.639. The van der Waals surface area contributed by atoms with Gasteiger partial charge < -0.3 is 9.73 Å². The van der Waals surface area contributed by atoms with Crippen molar-refractivity contribution in [1.29, 1.82) is 0 Å². The molecule has 0 fully saturated rings. The Bertz CT molecular complexity index is 301. The van der Waals surface area contributed by atoms with Gasteiger partial charge in [-0.2, -0.15) is 0 Å². The summed E-state index contributed by atoms with van der Waals surface area (Å²) in [7, 11) is -0.674. The summed E-state index contributed by atoms with van der Waals surface area (Å²) in [5.41, 5.74) is 0. The lowest BCUT2D eigenvalue weighted by molar-refractivity contribution is 0.463. The molecule has 3 nitrogen and oxygen atoms in total. The summed E-state index contributed by atoms with van der Waals surface area (Å²) < 4.78 is 17.0. The Labute approximate surface area is 100 Å². The van der Waals surface area contributed by atoms with Crippen LogP contribution in [0.2, 0.25) is 0 Å². The van der Waals surface area contributed by atoms with Gasteiger partial charge in [0.1, 0.15) is 5.76 Å². The van der Waals surface area contributed by atoms with Gasteiger partial charge in [-0.25, -0.2) is 0 Å². The normalized spacial score (nSPS) is 13.0. The summed E-state index contributed by atoms with van der Waals surface area (Å²) in [5.74, 6) is 1.72. The highest BCUT2D eigenvalue weighted by molar-refractivity contribution is 14.1. The van der Waals surface area contributed by atoms with Crippen molar-refractivity contribution in [2.45, 2.75) is 13.0 Å². The topological polar surface area (TPSA) is 42.2 Å². The van der Waals surface area contributed by atoms with Gasteiger partial charge in [-0.15, -0.1) is 0 Å². The van der Waals surface area contributed by atoms with Crippen LogP contribution in [0.4, 0.5) is 0 Å². The van der Waals surface area contributed by atoms with Crippen LogP contribution >= 0.6 is 22.6 Å². The van der Waals surface area contributed by atoms with Crippen LogP contribution in [0.1, 0.15) is 12.2 Å². The van der Waals surface area contributed by atoms with Crippen LogP contribution in [0.15, 0.2) is 16.5 Å². The summed E-state index contributed by atoms with van der Waals surface area (Å²) in [6.07, 6.45) is 2.68. The van der Waals surface area contributed by atoms with E-state index in [2.05, 4.69) is 27.9 Å². The van der Waals surface area contributed by atoms with Crippen molar-refractivity contribution in [2.24, 2.45) is 0 Å². The molecule has 1 unspecified atom stereocenters. The Morgan fingerprint density at radius 3 is 2.93 bits per heavy atom. The lowest BCUT2D eigenvalue weighted by Gasteiger charge is -2.00. The minimum Gasteiger partial charge on any atom is -0.454 e. The molecule has 0 aliphatic heterocycles. The summed E-state index contributed by atoms with van der Waals surface area (Å²) in [5, 5.41) is 3.24. The Morgan fingerprint density at radius 1 is 1.57 bits per heavy atom. The maximum atomic E-state index is 10.7. The summed E-state index contributed by atoms with van der Waals surface area (Å²) >= 11 is 2.14. The fourth-order valence-electron chi connectivity index (χ4n) is 1.06. The number of rotatable bonds is 6. The van der Waals surface area contributed by atoms with Crippen molar-refractivity contribution in [3.63, 3.8) is 0 Å². The van der Waals surface area contributed by atoms with E-state index in [1.54, 1.807) is 6.26 Å². The van der Waals surface area contributed by atoms with E-state index in [4.69, 9.17) is 4.42 Å². The first kappa shape index (κ1) is 12.2. The van der Waals surface area contributed by atoms with Crippen LogP contribution in [0.3, 0.4) is 0 Å². The highest BCUT2D eigenvalue weighted by Crippen LogP contribution is 2.09. The Kier molecular flexibility index (Phi) is 5.73. The van der Waals surface area contributed by atoms with Crippen LogP contribution in [-0.2, 0) is 17.3 Å². The molecule has 1 rings (SSSR count). The van der Waals surface area contributed by atoms with Crippen molar-refractivity contribution in [3.05, 3.63) is 21.7 Å². The molecule has 0 aliphatic carbocycles. The van der Waals surface area contributed by atoms with Crippen molar-refractivity contribution in [2.75, 3.05) is 18.6 Å². The van der Waals surface area contributed by atoms with Crippen molar-refractivity contribution in [1.82, 2.24) is 5.32 Å². The first-order valence-electron chi connectivity index (χ1n) is 4.43. The van der Waals surface area contributed by atoms with Gasteiger partial charge in [0.2, 0.25) is 0 Å². The van der Waals surface area contributed by atoms with E-state index in [9.17, 15) is 4.21 Å². The highest BCUT2D eigenvalue weighted by atomic mass is 127. The van der Waals surface area contributed by atoms with Gasteiger partial charge in [-0.1, -0.05) is 0 Å². The highest BCUT2D eigenvalue weighted by Gasteiger charge is 1.98. The summed E-state index contributed by atoms with van der Waals surface area (Å²) in [6, 6.07) is 3.91. The number of halogens is 1. The number of hydrogen-bond donors (Lipinski definition) is 1. The number of nitrogens with one attached hydrogen (secondary N) is 1. The van der Waals surface area contributed by atoms with Gasteiger partial charge >= 0.3 is 0 Å². The standard InChI is InChI=1S/C9H14INO2S/c1-14(12)6-2-5-11-7-8-3-4-9(10)13-8/h3-4,11H,2,5-7H2,1H3. The molecule has 0 spiro atoms. The van der Waals surface area contributed by atoms with Crippen LogP contribution in [0.5, 0.6) is 0 Å². The molecule has 5 heteroatoms. The second-order valence-electron chi connectivity index (χ2n) is 3.01. The van der Waals surface area contributed by atoms with Crippen LogP contribution < -0.4 is 5.32 Å². The minimum atomic E-state index is -0.674. The molecule has 1 N–H and O–H groups in total. The zero-order valence-electron chi connectivity index (χ0n) is 8.09. The molecule has 14 heavy (non-hydrogen) atoms. The van der Waals surface area contributed by atoms with E-state index in [0.717, 1.165) is 34.8 Å². The third-order valence-corrected chi connectivity index (χ3v) is 3.16. The van der Waals surface area contributed by atoms with Gasteiger partial charge in [0, 0.05) is 22.8 Å². The molecule has 1 aromatic rings. The molecule has 0 aromatic carbocycles. The lowest BCUT2D eigenvalue weighted by atomic mass is 10.4. The SMILES string of the molecule is CS(=O)CCCNCc1ccc(I)o1. The Morgan fingerprint density at radius 2 is 2.36 bits per heavy atom. The predicted molar refractivity (Wildman–Crippen MR) is 66.7 cm³/mol. The molecule has 0 saturated carbocycles. The molecule has 0 saturated heterocycles. The molecular formula is C9H14INO2S. The van der Waals surface area contributed by atoms with E-state index >= 15 is 0 Å². The molecule has 1 aromatic heterocycles. The first-order valence-corrected chi connectivity index (χ1v) is 7.24. The summed E-state index contributed by atoms with van der Waals surface area (Å²) in [4.78, 5) is 0. The van der Waals surface area contributed by atoms with Crippen LogP contribution in [-0.4, -0.2) is 22.8 Å². The average molecular weight is 327 g/mol. The lowest BCUT2D eigenvalue weighted by Crippen LogP contribution is -2.16. The maximum absolute atomic E-state index is 10.7. The largest absolute Gasteiger partial charge is 0.454 e. The van der Waals surface area contributed by atoms with Gasteiger partial charge in [0.25, 0.3) is 0 Å². The zero-order valence-corrected chi connectivity index (χ0v) is 11.1. The second kappa shape index (κ2) is 6.58. The maximum Gasteiger partial charge on any atom is 0.164 e. The van der Waals surface area contributed by atoms with Crippen molar-refractivity contribution in [3.8, 4) is 0 Å². The van der Waals surface area contributed by atoms with Gasteiger partial charge in [-0.05, 0) is 47.7 Å². The fourth-order valence-corrected chi connectivity index (χ4v) is 2.07. The van der Waals surface area contributed by atoms with E-state index in [1.165, 1.54) is 0 Å². The van der Waals surface area contributed by atoms with Crippen molar-refractivity contribution < 1.29 is 8.63 Å². The molecule has 80 valence electrons. The third kappa shape index (κ3) is 5.11. The minimum absolute atomic E-state index is 0.674. The monoisotopic (exact) mass is 327 g/mol. The zero-order chi connectivity index (χ0) is 10.4. The van der Waals surface area contributed by atoms with Crippen molar-refractivity contribution >= 4 is 33.4 Å². The average Bonchev–Trinajstić information content (AvgIpc) is 2.50. The van der Waals surface area contributed by atoms with Gasteiger partial charge in [-0.3, -0.25) is 4.21 Å². The molecule has 1 heterocycles. The summed E-state index contributed by atoms with van der Waals surface area (Å²) in [6.45, 7) is 1.64. The Balaban J connectivity index is 2.07. The second-order valence-corrected chi connectivity index (χ2v) is 5.63. The van der Waals surface area contributed by atoms with Crippen LogP contribution in [0.25, 0.3) is 0 Å². The van der Waals surface area contributed by atoms with E-state index in [1.807, 2.05) is 12.1 Å². The first-order chi connectivity index (χ1) is 6.68. The van der Waals surface area contributed by atoms with E-state index in [-0.39, 0.29) is 0 Å². The molecule has 0 radical (unpaired) electrons. The third-order valence-electron chi connectivity index (χ3n) is 1.71. The van der Waals surface area contributed by atoms with Gasteiger partial charge in [0.05, 0.1) is 6.54 Å². The molecule has 0 amide bonds. The van der Waals surface area contributed by atoms with Gasteiger partial charge in [0.15, 0.2) is 3.77 Å². The Hall–Kier alpha value is 0.120. The van der Waals surface area contributed by atoms with Crippen LogP contribution in [0, 0.1) is 3.77 Å². The molecule has 0 aliphatic rings. The fraction of sp³-hybridized carbons (Fsp3) is 0.556. The number of hydrogen-bond acceptors (Lipinski definition) is 3. The predicted octanol–water partition coefficient (Wildman–Crippen LogP) is 1.74. The molecule has 1 atom stereocenters. The smallest absolute Gasteiger partial charge is 0.164 e. The number of furan rings is 1. The molecule has 0 bridgehead atoms.